The smallest absolute Gasteiger partial charge is 0.118 e. The van der Waals surface area contributed by atoms with E-state index >= 15 is 0 Å². The molecular weight excluding hydrogens is 227 g/mol. The minimum atomic E-state index is -0.488. The molecule has 0 fully saturated rings. The van der Waals surface area contributed by atoms with Crippen LogP contribution in [0.3, 0.4) is 0 Å². The highest BCUT2D eigenvalue weighted by Gasteiger charge is 2.06. The lowest BCUT2D eigenvalue weighted by atomic mass is 10.3. The van der Waals surface area contributed by atoms with Gasteiger partial charge >= 0.3 is 0 Å². The Hall–Kier alpha value is -0.260. The van der Waals surface area contributed by atoms with Gasteiger partial charge in [0.2, 0.25) is 0 Å². The van der Waals surface area contributed by atoms with E-state index in [4.69, 9.17) is 16.0 Å². The zero-order valence-corrected chi connectivity index (χ0v) is 11.0. The molecule has 1 nitrogen and oxygen atoms in total. The standard InChI is InChI=1S/C12H18ClOP/c1-3-4-5-10-15(13)12-8-6-11(14-2)7-9-12/h6-9H,3-5,10H2,1-2H3. The predicted octanol–water partition coefficient (Wildman–Crippen LogP) is 4.15. The summed E-state index contributed by atoms with van der Waals surface area (Å²) in [5.41, 5.74) is 0. The predicted molar refractivity (Wildman–Crippen MR) is 69.8 cm³/mol. The molecule has 0 spiro atoms. The highest BCUT2D eigenvalue weighted by atomic mass is 35.7. The molecule has 1 atom stereocenters. The summed E-state index contributed by atoms with van der Waals surface area (Å²) >= 11 is 6.36. The minimum Gasteiger partial charge on any atom is -0.497 e. The Morgan fingerprint density at radius 2 is 1.87 bits per heavy atom. The summed E-state index contributed by atoms with van der Waals surface area (Å²) in [6.45, 7) is 2.21. The van der Waals surface area contributed by atoms with Crippen molar-refractivity contribution in [1.82, 2.24) is 0 Å². The maximum absolute atomic E-state index is 6.36. The number of unbranched alkanes of at least 4 members (excludes halogenated alkanes) is 2. The average molecular weight is 245 g/mol. The summed E-state index contributed by atoms with van der Waals surface area (Å²) in [7, 11) is 1.19. The fourth-order valence-electron chi connectivity index (χ4n) is 1.37. The zero-order chi connectivity index (χ0) is 11.1. The Balaban J connectivity index is 2.46. The van der Waals surface area contributed by atoms with Crippen molar-refractivity contribution in [3.63, 3.8) is 0 Å². The summed E-state index contributed by atoms with van der Waals surface area (Å²) in [5, 5.41) is 1.25. The van der Waals surface area contributed by atoms with Crippen molar-refractivity contribution in [2.75, 3.05) is 13.3 Å². The molecule has 0 aromatic heterocycles. The third-order valence-corrected chi connectivity index (χ3v) is 4.97. The molecule has 84 valence electrons. The van der Waals surface area contributed by atoms with Gasteiger partial charge in [-0.1, -0.05) is 31.0 Å². The maximum Gasteiger partial charge on any atom is 0.118 e. The summed E-state index contributed by atoms with van der Waals surface area (Å²) < 4.78 is 5.11. The van der Waals surface area contributed by atoms with Crippen LogP contribution < -0.4 is 10.0 Å². The number of methoxy groups -OCH3 is 1. The van der Waals surface area contributed by atoms with Gasteiger partial charge in [0.1, 0.15) is 5.75 Å². The van der Waals surface area contributed by atoms with E-state index in [1.54, 1.807) is 7.11 Å². The molecule has 0 N–H and O–H groups in total. The van der Waals surface area contributed by atoms with Crippen LogP contribution in [0.4, 0.5) is 0 Å². The summed E-state index contributed by atoms with van der Waals surface area (Å²) in [6.07, 6.45) is 4.89. The molecule has 0 saturated heterocycles. The number of hydrogen-bond donors (Lipinski definition) is 0. The van der Waals surface area contributed by atoms with Crippen LogP contribution in [0.1, 0.15) is 26.2 Å². The van der Waals surface area contributed by atoms with E-state index < -0.39 is 7.27 Å². The van der Waals surface area contributed by atoms with Gasteiger partial charge in [0.15, 0.2) is 0 Å². The minimum absolute atomic E-state index is 0.488. The second-order valence-corrected chi connectivity index (χ2v) is 6.40. The van der Waals surface area contributed by atoms with Crippen molar-refractivity contribution >= 4 is 23.8 Å². The molecule has 0 bridgehead atoms. The Morgan fingerprint density at radius 3 is 2.40 bits per heavy atom. The van der Waals surface area contributed by atoms with E-state index in [-0.39, 0.29) is 0 Å². The Morgan fingerprint density at radius 1 is 1.20 bits per heavy atom. The van der Waals surface area contributed by atoms with Gasteiger partial charge in [-0.05, 0) is 42.2 Å². The largest absolute Gasteiger partial charge is 0.497 e. The highest BCUT2D eigenvalue weighted by Crippen LogP contribution is 2.41. The Bertz CT molecular complexity index is 273. The molecular formula is C12H18ClOP. The van der Waals surface area contributed by atoms with Gasteiger partial charge in [-0.15, -0.1) is 0 Å². The number of halogens is 1. The van der Waals surface area contributed by atoms with Gasteiger partial charge in [-0.25, -0.2) is 0 Å². The molecule has 0 aliphatic rings. The number of hydrogen-bond acceptors (Lipinski definition) is 1. The third-order valence-electron chi connectivity index (χ3n) is 2.31. The fraction of sp³-hybridized carbons (Fsp3) is 0.500. The normalized spacial score (nSPS) is 12.5. The van der Waals surface area contributed by atoms with E-state index in [1.165, 1.54) is 24.6 Å². The van der Waals surface area contributed by atoms with Crippen molar-refractivity contribution in [1.29, 1.82) is 0 Å². The summed E-state index contributed by atoms with van der Waals surface area (Å²) in [4.78, 5) is 0. The zero-order valence-electron chi connectivity index (χ0n) is 9.37. The van der Waals surface area contributed by atoms with Crippen LogP contribution in [-0.2, 0) is 0 Å². The molecule has 0 aliphatic carbocycles. The SMILES string of the molecule is CCCCCP(Cl)c1ccc(OC)cc1. The van der Waals surface area contributed by atoms with Gasteiger partial charge in [0.25, 0.3) is 0 Å². The van der Waals surface area contributed by atoms with E-state index in [1.807, 2.05) is 12.1 Å². The van der Waals surface area contributed by atoms with Crippen LogP contribution in [0.25, 0.3) is 0 Å². The van der Waals surface area contributed by atoms with Crippen LogP contribution in [0, 0.1) is 0 Å². The fourth-order valence-corrected chi connectivity index (χ4v) is 3.30. The molecule has 0 saturated carbocycles. The van der Waals surface area contributed by atoms with Gasteiger partial charge in [0.05, 0.1) is 7.11 Å². The van der Waals surface area contributed by atoms with Crippen molar-refractivity contribution in [3.8, 4) is 5.75 Å². The van der Waals surface area contributed by atoms with Gasteiger partial charge in [-0.2, -0.15) is 0 Å². The Kier molecular flexibility index (Phi) is 6.05. The maximum atomic E-state index is 6.36. The second kappa shape index (κ2) is 7.09. The first kappa shape index (κ1) is 12.8. The monoisotopic (exact) mass is 244 g/mol. The van der Waals surface area contributed by atoms with Crippen LogP contribution in [-0.4, -0.2) is 13.3 Å². The van der Waals surface area contributed by atoms with Gasteiger partial charge < -0.3 is 4.74 Å². The van der Waals surface area contributed by atoms with Crippen molar-refractivity contribution < 1.29 is 4.74 Å². The Labute approximate surface area is 98.3 Å². The molecule has 0 aliphatic heterocycles. The molecule has 3 heteroatoms. The molecule has 1 aromatic carbocycles. The van der Waals surface area contributed by atoms with Crippen LogP contribution in [0.2, 0.25) is 0 Å². The molecule has 0 heterocycles. The molecule has 0 amide bonds. The van der Waals surface area contributed by atoms with Gasteiger partial charge in [-0.3, -0.25) is 0 Å². The molecule has 1 unspecified atom stereocenters. The van der Waals surface area contributed by atoms with Crippen LogP contribution in [0.15, 0.2) is 24.3 Å². The van der Waals surface area contributed by atoms with E-state index in [2.05, 4.69) is 19.1 Å². The van der Waals surface area contributed by atoms with Crippen LogP contribution in [0.5, 0.6) is 5.75 Å². The van der Waals surface area contributed by atoms with Crippen LogP contribution >= 0.6 is 18.5 Å². The molecule has 1 rings (SSSR count). The molecule has 1 aromatic rings. The molecule has 15 heavy (non-hydrogen) atoms. The van der Waals surface area contributed by atoms with Crippen molar-refractivity contribution in [2.24, 2.45) is 0 Å². The first-order valence-corrected chi connectivity index (χ1v) is 7.78. The first-order valence-electron chi connectivity index (χ1n) is 5.35. The van der Waals surface area contributed by atoms with Crippen molar-refractivity contribution in [3.05, 3.63) is 24.3 Å². The van der Waals surface area contributed by atoms with E-state index in [0.717, 1.165) is 11.9 Å². The lowest BCUT2D eigenvalue weighted by Crippen LogP contribution is -1.99. The number of rotatable bonds is 6. The lowest BCUT2D eigenvalue weighted by Gasteiger charge is -2.09. The van der Waals surface area contributed by atoms with E-state index in [9.17, 15) is 0 Å². The summed E-state index contributed by atoms with van der Waals surface area (Å²) in [5.74, 6) is 0.896. The van der Waals surface area contributed by atoms with Crippen molar-refractivity contribution in [2.45, 2.75) is 26.2 Å². The van der Waals surface area contributed by atoms with Gasteiger partial charge in [0, 0.05) is 7.27 Å². The summed E-state index contributed by atoms with van der Waals surface area (Å²) in [6, 6.07) is 8.10. The first-order chi connectivity index (χ1) is 7.27. The number of ether oxygens (including phenoxy) is 1. The lowest BCUT2D eigenvalue weighted by molar-refractivity contribution is 0.415. The average Bonchev–Trinajstić information content (AvgIpc) is 2.29. The molecule has 0 radical (unpaired) electrons. The van der Waals surface area contributed by atoms with E-state index in [0.29, 0.717) is 0 Å². The topological polar surface area (TPSA) is 9.23 Å². The highest BCUT2D eigenvalue weighted by molar-refractivity contribution is 7.89. The quantitative estimate of drug-likeness (QED) is 0.540. The third kappa shape index (κ3) is 4.40. The number of benzene rings is 1. The second-order valence-electron chi connectivity index (χ2n) is 3.49.